The molecule has 3 aromatic carbocycles. The fourth-order valence-corrected chi connectivity index (χ4v) is 3.76. The normalized spacial score (nSPS) is 14.8. The number of ketones is 1. The highest BCUT2D eigenvalue weighted by molar-refractivity contribution is 9.10. The van der Waals surface area contributed by atoms with Crippen molar-refractivity contribution >= 4 is 33.8 Å². The Kier molecular flexibility index (Phi) is 5.07. The van der Waals surface area contributed by atoms with E-state index in [1.54, 1.807) is 49.6 Å². The van der Waals surface area contributed by atoms with E-state index in [4.69, 9.17) is 23.7 Å². The molecule has 0 N–H and O–H groups in total. The molecule has 2 aliphatic rings. The van der Waals surface area contributed by atoms with Crippen molar-refractivity contribution in [3.63, 3.8) is 0 Å². The van der Waals surface area contributed by atoms with Gasteiger partial charge in [0.1, 0.15) is 17.2 Å². The zero-order valence-corrected chi connectivity index (χ0v) is 18.3. The van der Waals surface area contributed by atoms with E-state index in [9.17, 15) is 9.59 Å². The summed E-state index contributed by atoms with van der Waals surface area (Å²) in [4.78, 5) is 25.3. The molecule has 3 aromatic rings. The van der Waals surface area contributed by atoms with Crippen LogP contribution in [0.1, 0.15) is 26.3 Å². The molecule has 0 saturated heterocycles. The van der Waals surface area contributed by atoms with Gasteiger partial charge in [0.15, 0.2) is 17.3 Å². The lowest BCUT2D eigenvalue weighted by Crippen LogP contribution is -2.08. The van der Waals surface area contributed by atoms with Crippen molar-refractivity contribution in [2.45, 2.75) is 0 Å². The molecule has 0 bridgehead atoms. The number of Topliss-reactive ketones (excluding diaryl/α,β-unsaturated/α-hetero) is 1. The SMILES string of the molecule is COc1ccc(Br)cc1/C=C1\Oc2cc(OC(=O)c3ccc4c(c3)OCO4)ccc2C1=O. The van der Waals surface area contributed by atoms with Gasteiger partial charge in [0.25, 0.3) is 0 Å². The van der Waals surface area contributed by atoms with E-state index < -0.39 is 5.97 Å². The van der Waals surface area contributed by atoms with Crippen molar-refractivity contribution < 1.29 is 33.3 Å². The van der Waals surface area contributed by atoms with Crippen molar-refractivity contribution in [2.75, 3.05) is 13.9 Å². The number of hydrogen-bond acceptors (Lipinski definition) is 7. The van der Waals surface area contributed by atoms with Crippen LogP contribution in [0.2, 0.25) is 0 Å². The number of allylic oxidation sites excluding steroid dienone is 1. The third kappa shape index (κ3) is 3.69. The summed E-state index contributed by atoms with van der Waals surface area (Å²) in [5, 5.41) is 0. The zero-order chi connectivity index (χ0) is 22.2. The second kappa shape index (κ2) is 8.05. The van der Waals surface area contributed by atoms with Gasteiger partial charge in [-0.15, -0.1) is 0 Å². The second-order valence-corrected chi connectivity index (χ2v) is 7.86. The maximum Gasteiger partial charge on any atom is 0.343 e. The standard InChI is InChI=1S/C24H15BrO7/c1-28-18-7-3-15(25)8-14(18)10-22-23(26)17-5-4-16(11-20(17)32-22)31-24(27)13-2-6-19-21(9-13)30-12-29-19/h2-11H,12H2,1H3/b22-10-. The van der Waals surface area contributed by atoms with Crippen LogP contribution in [0.4, 0.5) is 0 Å². The molecule has 2 heterocycles. The summed E-state index contributed by atoms with van der Waals surface area (Å²) in [5.74, 6) is 1.54. The number of methoxy groups -OCH3 is 1. The molecule has 0 unspecified atom stereocenters. The van der Waals surface area contributed by atoms with Crippen LogP contribution in [0, 0.1) is 0 Å². The number of halogens is 1. The van der Waals surface area contributed by atoms with E-state index in [-0.39, 0.29) is 24.1 Å². The molecule has 0 aromatic heterocycles. The van der Waals surface area contributed by atoms with Crippen LogP contribution in [0.3, 0.4) is 0 Å². The average molecular weight is 495 g/mol. The van der Waals surface area contributed by atoms with Crippen LogP contribution < -0.4 is 23.7 Å². The number of hydrogen-bond donors (Lipinski definition) is 0. The zero-order valence-electron chi connectivity index (χ0n) is 16.7. The van der Waals surface area contributed by atoms with Gasteiger partial charge in [0.2, 0.25) is 12.6 Å². The monoisotopic (exact) mass is 494 g/mol. The fraction of sp³-hybridized carbons (Fsp3) is 0.0833. The summed E-state index contributed by atoms with van der Waals surface area (Å²) in [6.07, 6.45) is 1.62. The highest BCUT2D eigenvalue weighted by Gasteiger charge is 2.28. The average Bonchev–Trinajstić information content (AvgIpc) is 3.38. The lowest BCUT2D eigenvalue weighted by atomic mass is 10.1. The van der Waals surface area contributed by atoms with Gasteiger partial charge in [-0.25, -0.2) is 4.79 Å². The molecule has 0 amide bonds. The van der Waals surface area contributed by atoms with E-state index in [2.05, 4.69) is 15.9 Å². The molecule has 0 aliphatic carbocycles. The Hall–Kier alpha value is -3.78. The number of benzene rings is 3. The fourth-order valence-electron chi connectivity index (χ4n) is 3.38. The largest absolute Gasteiger partial charge is 0.496 e. The molecule has 2 aliphatic heterocycles. The van der Waals surface area contributed by atoms with Gasteiger partial charge in [-0.3, -0.25) is 4.79 Å². The minimum absolute atomic E-state index is 0.117. The van der Waals surface area contributed by atoms with Crippen LogP contribution >= 0.6 is 15.9 Å². The van der Waals surface area contributed by atoms with Gasteiger partial charge in [0.05, 0.1) is 18.2 Å². The Morgan fingerprint density at radius 3 is 2.69 bits per heavy atom. The quantitative estimate of drug-likeness (QED) is 0.286. The van der Waals surface area contributed by atoms with Gasteiger partial charge in [-0.2, -0.15) is 0 Å². The van der Waals surface area contributed by atoms with Crippen molar-refractivity contribution in [2.24, 2.45) is 0 Å². The van der Waals surface area contributed by atoms with Crippen LogP contribution in [0.5, 0.6) is 28.7 Å². The van der Waals surface area contributed by atoms with Gasteiger partial charge in [-0.05, 0) is 54.6 Å². The first-order valence-electron chi connectivity index (χ1n) is 9.55. The molecule has 8 heteroatoms. The van der Waals surface area contributed by atoms with Crippen molar-refractivity contribution in [3.05, 3.63) is 81.5 Å². The first-order chi connectivity index (χ1) is 15.5. The van der Waals surface area contributed by atoms with Crippen LogP contribution in [0.25, 0.3) is 6.08 Å². The Bertz CT molecular complexity index is 1300. The third-order valence-electron chi connectivity index (χ3n) is 4.94. The third-order valence-corrected chi connectivity index (χ3v) is 5.43. The van der Waals surface area contributed by atoms with Crippen molar-refractivity contribution in [1.29, 1.82) is 0 Å². The second-order valence-electron chi connectivity index (χ2n) is 6.94. The molecule has 32 heavy (non-hydrogen) atoms. The van der Waals surface area contributed by atoms with Crippen LogP contribution in [-0.2, 0) is 0 Å². The number of fused-ring (bicyclic) bond motifs is 2. The lowest BCUT2D eigenvalue weighted by Gasteiger charge is -2.07. The summed E-state index contributed by atoms with van der Waals surface area (Å²) in [6, 6.07) is 14.9. The summed E-state index contributed by atoms with van der Waals surface area (Å²) >= 11 is 3.41. The number of carbonyl (C=O) groups is 2. The first-order valence-corrected chi connectivity index (χ1v) is 10.3. The van der Waals surface area contributed by atoms with Gasteiger partial charge in [0, 0.05) is 16.1 Å². The van der Waals surface area contributed by atoms with Crippen LogP contribution in [-0.4, -0.2) is 25.7 Å². The molecule has 7 nitrogen and oxygen atoms in total. The number of esters is 1. The van der Waals surface area contributed by atoms with Gasteiger partial charge >= 0.3 is 5.97 Å². The van der Waals surface area contributed by atoms with Crippen LogP contribution in [0.15, 0.2) is 64.8 Å². The topological polar surface area (TPSA) is 80.3 Å². The van der Waals surface area contributed by atoms with Crippen molar-refractivity contribution in [1.82, 2.24) is 0 Å². The number of rotatable bonds is 4. The molecule has 0 spiro atoms. The predicted molar refractivity (Wildman–Crippen MR) is 118 cm³/mol. The van der Waals surface area contributed by atoms with E-state index in [1.807, 2.05) is 12.1 Å². The Morgan fingerprint density at radius 2 is 1.84 bits per heavy atom. The molecular weight excluding hydrogens is 480 g/mol. The maximum atomic E-state index is 12.8. The summed E-state index contributed by atoms with van der Waals surface area (Å²) in [5.41, 5.74) is 1.38. The van der Waals surface area contributed by atoms with E-state index in [0.29, 0.717) is 39.7 Å². The van der Waals surface area contributed by atoms with E-state index in [0.717, 1.165) is 4.47 Å². The summed E-state index contributed by atoms with van der Waals surface area (Å²) < 4.78 is 27.9. The number of carbonyl (C=O) groups excluding carboxylic acids is 2. The van der Waals surface area contributed by atoms with E-state index >= 15 is 0 Å². The first kappa shape index (κ1) is 20.1. The summed E-state index contributed by atoms with van der Waals surface area (Å²) in [7, 11) is 1.55. The highest BCUT2D eigenvalue weighted by atomic mass is 79.9. The van der Waals surface area contributed by atoms with Crippen molar-refractivity contribution in [3.8, 4) is 28.7 Å². The summed E-state index contributed by atoms with van der Waals surface area (Å²) in [6.45, 7) is 0.117. The molecular formula is C24H15BrO7. The predicted octanol–water partition coefficient (Wildman–Crippen LogP) is 5.02. The molecule has 0 radical (unpaired) electrons. The van der Waals surface area contributed by atoms with Gasteiger partial charge in [-0.1, -0.05) is 15.9 Å². The molecule has 0 atom stereocenters. The maximum absolute atomic E-state index is 12.8. The molecule has 160 valence electrons. The Balaban J connectivity index is 1.37. The smallest absolute Gasteiger partial charge is 0.343 e. The molecule has 0 saturated carbocycles. The molecule has 0 fully saturated rings. The molecule has 5 rings (SSSR count). The minimum atomic E-state index is -0.567. The van der Waals surface area contributed by atoms with E-state index in [1.165, 1.54) is 6.07 Å². The van der Waals surface area contributed by atoms with Gasteiger partial charge < -0.3 is 23.7 Å². The lowest BCUT2D eigenvalue weighted by molar-refractivity contribution is 0.0734. The minimum Gasteiger partial charge on any atom is -0.496 e. The Labute approximate surface area is 191 Å². The Morgan fingerprint density at radius 1 is 1.00 bits per heavy atom. The highest BCUT2D eigenvalue weighted by Crippen LogP contribution is 2.37. The number of ether oxygens (including phenoxy) is 5.